The van der Waals surface area contributed by atoms with Gasteiger partial charge in [-0.3, -0.25) is 0 Å². The zero-order valence-electron chi connectivity index (χ0n) is 4.42. The third-order valence-corrected chi connectivity index (χ3v) is 0.561. The summed E-state index contributed by atoms with van der Waals surface area (Å²) in [6.45, 7) is 2.07. The van der Waals surface area contributed by atoms with Crippen LogP contribution in [0.15, 0.2) is 12.3 Å². The van der Waals surface area contributed by atoms with Crippen LogP contribution in [0.5, 0.6) is 0 Å². The highest BCUT2D eigenvalue weighted by Crippen LogP contribution is 1.84. The molecule has 7 heavy (non-hydrogen) atoms. The maximum Gasteiger partial charge on any atom is 0.0751 e. The van der Waals surface area contributed by atoms with E-state index in [1.165, 1.54) is 0 Å². The van der Waals surface area contributed by atoms with Crippen LogP contribution in [0.2, 0.25) is 0 Å². The molecule has 2 heteroatoms. The van der Waals surface area contributed by atoms with E-state index in [1.807, 2.05) is 0 Å². The minimum atomic E-state index is 0. The molecule has 0 bridgehead atoms. The van der Waals surface area contributed by atoms with Crippen LogP contribution in [0.1, 0.15) is 19.8 Å². The molecule has 44 valence electrons. The van der Waals surface area contributed by atoms with Gasteiger partial charge in [0.05, 0.1) is 6.26 Å². The average molecular weight is 123 g/mol. The maximum atomic E-state index is 8.02. The Kier molecular flexibility index (Phi) is 13.2. The predicted octanol–water partition coefficient (Wildman–Crippen LogP) is 2.28. The number of hydrogen-bond acceptors (Lipinski definition) is 1. The van der Waals surface area contributed by atoms with Gasteiger partial charge in [-0.1, -0.05) is 19.4 Å². The van der Waals surface area contributed by atoms with E-state index in [0.717, 1.165) is 19.1 Å². The first-order chi connectivity index (χ1) is 2.91. The molecule has 0 aliphatic rings. The van der Waals surface area contributed by atoms with E-state index >= 15 is 0 Å². The molecule has 0 unspecified atom stereocenters. The van der Waals surface area contributed by atoms with Crippen LogP contribution in [-0.2, 0) is 0 Å². The Bertz CT molecular complexity index is 43.3. The van der Waals surface area contributed by atoms with E-state index in [9.17, 15) is 0 Å². The zero-order chi connectivity index (χ0) is 4.83. The molecule has 1 nitrogen and oxygen atoms in total. The fraction of sp³-hybridized carbons (Fsp3) is 0.600. The highest BCUT2D eigenvalue weighted by atomic mass is 35.5. The summed E-state index contributed by atoms with van der Waals surface area (Å²) in [6, 6.07) is 0. The average Bonchev–Trinajstić information content (AvgIpc) is 1.61. The summed E-state index contributed by atoms with van der Waals surface area (Å²) in [6.07, 6.45) is 4.91. The molecule has 0 atom stereocenters. The van der Waals surface area contributed by atoms with Gasteiger partial charge in [0.25, 0.3) is 0 Å². The zero-order valence-corrected chi connectivity index (χ0v) is 5.24. The molecular formula is C5H11ClO. The summed E-state index contributed by atoms with van der Waals surface area (Å²) in [4.78, 5) is 0. The van der Waals surface area contributed by atoms with Crippen molar-refractivity contribution in [2.24, 2.45) is 0 Å². The normalized spacial score (nSPS) is 8.71. The Balaban J connectivity index is 0. The highest BCUT2D eigenvalue weighted by molar-refractivity contribution is 5.85. The van der Waals surface area contributed by atoms with Gasteiger partial charge in [0.2, 0.25) is 0 Å². The van der Waals surface area contributed by atoms with Crippen molar-refractivity contribution in [3.8, 4) is 0 Å². The Labute approximate surface area is 50.5 Å². The summed E-state index contributed by atoms with van der Waals surface area (Å²) in [7, 11) is 0. The van der Waals surface area contributed by atoms with Gasteiger partial charge in [0.1, 0.15) is 0 Å². The molecule has 0 aliphatic carbocycles. The molecule has 0 saturated carbocycles. The van der Waals surface area contributed by atoms with Gasteiger partial charge >= 0.3 is 0 Å². The first-order valence-corrected chi connectivity index (χ1v) is 2.21. The number of allylic oxidation sites excluding steroid dienone is 1. The summed E-state index contributed by atoms with van der Waals surface area (Å²) >= 11 is 0. The van der Waals surface area contributed by atoms with Gasteiger partial charge < -0.3 is 5.11 Å². The van der Waals surface area contributed by atoms with E-state index in [4.69, 9.17) is 5.11 Å². The Hall–Kier alpha value is -0.170. The van der Waals surface area contributed by atoms with Crippen molar-refractivity contribution in [3.63, 3.8) is 0 Å². The predicted molar refractivity (Wildman–Crippen MR) is 33.9 cm³/mol. The largest absolute Gasteiger partial charge is 0.516 e. The van der Waals surface area contributed by atoms with Crippen molar-refractivity contribution in [1.82, 2.24) is 0 Å². The number of aliphatic hydroxyl groups excluding tert-OH is 1. The van der Waals surface area contributed by atoms with Crippen molar-refractivity contribution in [2.45, 2.75) is 19.8 Å². The van der Waals surface area contributed by atoms with Crippen LogP contribution in [0.3, 0.4) is 0 Å². The van der Waals surface area contributed by atoms with Crippen LogP contribution in [0.25, 0.3) is 0 Å². The van der Waals surface area contributed by atoms with Gasteiger partial charge in [-0.05, 0) is 6.42 Å². The molecule has 0 radical (unpaired) electrons. The first-order valence-electron chi connectivity index (χ1n) is 2.21. The van der Waals surface area contributed by atoms with Crippen LogP contribution >= 0.6 is 12.4 Å². The smallest absolute Gasteiger partial charge is 0.0751 e. The monoisotopic (exact) mass is 122 g/mol. The molecule has 0 heterocycles. The van der Waals surface area contributed by atoms with E-state index in [-0.39, 0.29) is 12.4 Å². The highest BCUT2D eigenvalue weighted by Gasteiger charge is 1.66. The SMILES string of the molecule is CCC/C=C\O.Cl. The lowest BCUT2D eigenvalue weighted by molar-refractivity contribution is 0.470. The molecule has 0 aromatic heterocycles. The summed E-state index contributed by atoms with van der Waals surface area (Å²) in [5.74, 6) is 0. The van der Waals surface area contributed by atoms with Crippen LogP contribution in [0, 0.1) is 0 Å². The van der Waals surface area contributed by atoms with E-state index in [1.54, 1.807) is 6.08 Å². The number of aliphatic hydroxyl groups is 1. The molecule has 0 saturated heterocycles. The Morgan fingerprint density at radius 1 is 1.57 bits per heavy atom. The van der Waals surface area contributed by atoms with Crippen molar-refractivity contribution in [2.75, 3.05) is 0 Å². The minimum Gasteiger partial charge on any atom is -0.516 e. The molecule has 0 aromatic rings. The summed E-state index contributed by atoms with van der Waals surface area (Å²) in [5, 5.41) is 8.02. The molecule has 1 N–H and O–H groups in total. The van der Waals surface area contributed by atoms with E-state index < -0.39 is 0 Å². The van der Waals surface area contributed by atoms with Crippen molar-refractivity contribution >= 4 is 12.4 Å². The van der Waals surface area contributed by atoms with Gasteiger partial charge in [0, 0.05) is 0 Å². The van der Waals surface area contributed by atoms with Gasteiger partial charge in [-0.15, -0.1) is 12.4 Å². The quantitative estimate of drug-likeness (QED) is 0.558. The fourth-order valence-electron chi connectivity index (χ4n) is 0.241. The fourth-order valence-corrected chi connectivity index (χ4v) is 0.241. The van der Waals surface area contributed by atoms with Crippen LogP contribution in [-0.4, -0.2) is 5.11 Å². The van der Waals surface area contributed by atoms with Crippen molar-refractivity contribution < 1.29 is 5.11 Å². The second kappa shape index (κ2) is 9.27. The third-order valence-electron chi connectivity index (χ3n) is 0.561. The van der Waals surface area contributed by atoms with E-state index in [0.29, 0.717) is 0 Å². The third kappa shape index (κ3) is 10.7. The van der Waals surface area contributed by atoms with Crippen LogP contribution in [0.4, 0.5) is 0 Å². The van der Waals surface area contributed by atoms with Gasteiger partial charge in [-0.2, -0.15) is 0 Å². The molecule has 0 amide bonds. The summed E-state index contributed by atoms with van der Waals surface area (Å²) < 4.78 is 0. The molecular weight excluding hydrogens is 112 g/mol. The van der Waals surface area contributed by atoms with Crippen molar-refractivity contribution in [3.05, 3.63) is 12.3 Å². The standard InChI is InChI=1S/C5H10O.ClH/c1-2-3-4-5-6;/h4-6H,2-3H2,1H3;1H/b5-4-;. The number of halogens is 1. The number of unbranched alkanes of at least 4 members (excludes halogenated alkanes) is 1. The maximum absolute atomic E-state index is 8.02. The van der Waals surface area contributed by atoms with Gasteiger partial charge in [0.15, 0.2) is 0 Å². The lowest BCUT2D eigenvalue weighted by atomic mass is 10.3. The minimum absolute atomic E-state index is 0. The molecule has 0 aliphatic heterocycles. The Morgan fingerprint density at radius 2 is 2.14 bits per heavy atom. The van der Waals surface area contributed by atoms with Crippen LogP contribution < -0.4 is 0 Å². The first kappa shape index (κ1) is 9.95. The van der Waals surface area contributed by atoms with Gasteiger partial charge in [-0.25, -0.2) is 0 Å². The topological polar surface area (TPSA) is 20.2 Å². The Morgan fingerprint density at radius 3 is 2.29 bits per heavy atom. The molecule has 0 spiro atoms. The molecule has 0 aromatic carbocycles. The number of hydrogen-bond donors (Lipinski definition) is 1. The molecule has 0 fully saturated rings. The lowest BCUT2D eigenvalue weighted by Gasteiger charge is -1.75. The second-order valence-electron chi connectivity index (χ2n) is 1.17. The van der Waals surface area contributed by atoms with Crippen molar-refractivity contribution in [1.29, 1.82) is 0 Å². The second-order valence-corrected chi connectivity index (χ2v) is 1.17. The number of rotatable bonds is 2. The lowest BCUT2D eigenvalue weighted by Crippen LogP contribution is -1.57. The summed E-state index contributed by atoms with van der Waals surface area (Å²) in [5.41, 5.74) is 0. The van der Waals surface area contributed by atoms with E-state index in [2.05, 4.69) is 6.92 Å². The molecule has 0 rings (SSSR count).